The van der Waals surface area contributed by atoms with Crippen molar-refractivity contribution < 1.29 is 14.3 Å². The number of amides is 1. The summed E-state index contributed by atoms with van der Waals surface area (Å²) in [4.78, 5) is 16.0. The summed E-state index contributed by atoms with van der Waals surface area (Å²) in [6.07, 6.45) is 2.72. The first-order valence-corrected chi connectivity index (χ1v) is 9.88. The van der Waals surface area contributed by atoms with Crippen LogP contribution >= 0.6 is 11.8 Å². The van der Waals surface area contributed by atoms with Crippen molar-refractivity contribution in [1.82, 2.24) is 4.90 Å². The second kappa shape index (κ2) is 8.99. The number of hydrogen-bond donors (Lipinski definition) is 0. The molecule has 1 amide bonds. The molecule has 0 saturated heterocycles. The fourth-order valence-electron chi connectivity index (χ4n) is 2.91. The first kappa shape index (κ1) is 18.6. The van der Waals surface area contributed by atoms with Crippen LogP contribution in [0.1, 0.15) is 24.8 Å². The molecule has 3 rings (SSSR count). The van der Waals surface area contributed by atoms with Crippen molar-refractivity contribution in [3.8, 4) is 11.5 Å². The molecular formula is C21H25NO3S. The number of carbonyl (C=O) groups is 1. The van der Waals surface area contributed by atoms with E-state index in [0.29, 0.717) is 19.0 Å². The molecule has 0 heterocycles. The number of nitrogens with zero attached hydrogens (tertiary/aromatic N) is 1. The van der Waals surface area contributed by atoms with Crippen LogP contribution in [0.25, 0.3) is 0 Å². The van der Waals surface area contributed by atoms with E-state index in [4.69, 9.17) is 9.47 Å². The first-order valence-electron chi connectivity index (χ1n) is 8.89. The van der Waals surface area contributed by atoms with Crippen LogP contribution in [0.2, 0.25) is 0 Å². The molecule has 0 N–H and O–H groups in total. The third-order valence-corrected chi connectivity index (χ3v) is 5.48. The Hall–Kier alpha value is -2.14. The zero-order chi connectivity index (χ0) is 18.4. The highest BCUT2D eigenvalue weighted by molar-refractivity contribution is 7.99. The zero-order valence-corrected chi connectivity index (χ0v) is 16.1. The molecule has 2 aromatic rings. The van der Waals surface area contributed by atoms with Gasteiger partial charge in [0.15, 0.2) is 0 Å². The van der Waals surface area contributed by atoms with E-state index in [1.54, 1.807) is 26.0 Å². The quantitative estimate of drug-likeness (QED) is 0.613. The third kappa shape index (κ3) is 4.94. The van der Waals surface area contributed by atoms with E-state index < -0.39 is 0 Å². The first-order chi connectivity index (χ1) is 12.7. The van der Waals surface area contributed by atoms with E-state index in [1.165, 1.54) is 4.90 Å². The highest BCUT2D eigenvalue weighted by Gasteiger charge is 2.32. The third-order valence-electron chi connectivity index (χ3n) is 4.46. The fourth-order valence-corrected chi connectivity index (χ4v) is 3.77. The smallest absolute Gasteiger partial charge is 0.223 e. The molecule has 0 spiro atoms. The molecular weight excluding hydrogens is 346 g/mol. The lowest BCUT2D eigenvalue weighted by Gasteiger charge is -2.24. The van der Waals surface area contributed by atoms with Crippen LogP contribution in [0.15, 0.2) is 53.4 Å². The molecule has 0 unspecified atom stereocenters. The number of hydrogen-bond acceptors (Lipinski definition) is 4. The minimum atomic E-state index is 0.209. The van der Waals surface area contributed by atoms with Gasteiger partial charge in [0.2, 0.25) is 5.91 Å². The Balaban J connectivity index is 1.63. The van der Waals surface area contributed by atoms with Gasteiger partial charge in [-0.05, 0) is 43.2 Å². The molecule has 0 bridgehead atoms. The predicted molar refractivity (Wildman–Crippen MR) is 105 cm³/mol. The number of rotatable bonds is 9. The maximum absolute atomic E-state index is 12.8. The van der Waals surface area contributed by atoms with Crippen LogP contribution in [-0.4, -0.2) is 36.8 Å². The highest BCUT2D eigenvalue weighted by Crippen LogP contribution is 2.32. The molecule has 5 heteroatoms. The maximum Gasteiger partial charge on any atom is 0.223 e. The van der Waals surface area contributed by atoms with E-state index in [9.17, 15) is 4.79 Å². The second-order valence-corrected chi connectivity index (χ2v) is 7.51. The van der Waals surface area contributed by atoms with E-state index in [1.807, 2.05) is 41.3 Å². The zero-order valence-electron chi connectivity index (χ0n) is 15.3. The number of thioether (sulfide) groups is 1. The summed E-state index contributed by atoms with van der Waals surface area (Å²) in [5, 5.41) is 0. The lowest BCUT2D eigenvalue weighted by Crippen LogP contribution is -2.33. The van der Waals surface area contributed by atoms with Gasteiger partial charge in [-0.25, -0.2) is 0 Å². The van der Waals surface area contributed by atoms with Crippen molar-refractivity contribution in [2.24, 2.45) is 0 Å². The summed E-state index contributed by atoms with van der Waals surface area (Å²) in [6.45, 7) is 0.569. The van der Waals surface area contributed by atoms with Crippen LogP contribution in [0.5, 0.6) is 11.5 Å². The summed E-state index contributed by atoms with van der Waals surface area (Å²) in [5.41, 5.74) is 0.989. The average Bonchev–Trinajstić information content (AvgIpc) is 3.51. The van der Waals surface area contributed by atoms with Crippen molar-refractivity contribution >= 4 is 17.7 Å². The number of benzene rings is 2. The molecule has 26 heavy (non-hydrogen) atoms. The summed E-state index contributed by atoms with van der Waals surface area (Å²) in [6, 6.07) is 16.3. The molecule has 0 aromatic heterocycles. The molecule has 0 atom stereocenters. The van der Waals surface area contributed by atoms with Crippen molar-refractivity contribution in [3.05, 3.63) is 54.1 Å². The number of methoxy groups -OCH3 is 2. The van der Waals surface area contributed by atoms with Crippen molar-refractivity contribution in [3.63, 3.8) is 0 Å². The van der Waals surface area contributed by atoms with Gasteiger partial charge in [0.25, 0.3) is 0 Å². The van der Waals surface area contributed by atoms with E-state index in [-0.39, 0.29) is 5.91 Å². The van der Waals surface area contributed by atoms with Gasteiger partial charge in [-0.1, -0.05) is 18.2 Å². The Bertz CT molecular complexity index is 731. The monoisotopic (exact) mass is 371 g/mol. The van der Waals surface area contributed by atoms with Gasteiger partial charge in [-0.15, -0.1) is 11.8 Å². The van der Waals surface area contributed by atoms with Gasteiger partial charge in [0.1, 0.15) is 11.5 Å². The van der Waals surface area contributed by atoms with Crippen LogP contribution < -0.4 is 9.47 Å². The topological polar surface area (TPSA) is 38.8 Å². The second-order valence-electron chi connectivity index (χ2n) is 6.34. The van der Waals surface area contributed by atoms with Crippen LogP contribution in [0, 0.1) is 0 Å². The fraction of sp³-hybridized carbons (Fsp3) is 0.381. The van der Waals surface area contributed by atoms with Gasteiger partial charge in [0, 0.05) is 35.2 Å². The van der Waals surface area contributed by atoms with Crippen LogP contribution in [0.4, 0.5) is 0 Å². The normalized spacial score (nSPS) is 13.3. The Morgan fingerprint density at radius 3 is 2.54 bits per heavy atom. The van der Waals surface area contributed by atoms with Crippen LogP contribution in [-0.2, 0) is 11.3 Å². The standard InChI is InChI=1S/C21H25NO3S/c1-24-18-10-11-20(25-2)16(14-18)15-22(17-8-9-17)21(23)12-13-26-19-6-4-3-5-7-19/h3-7,10-11,14,17H,8-9,12-13,15H2,1-2H3. The van der Waals surface area contributed by atoms with E-state index in [0.717, 1.165) is 35.7 Å². The van der Waals surface area contributed by atoms with Gasteiger partial charge in [-0.2, -0.15) is 0 Å². The molecule has 1 saturated carbocycles. The SMILES string of the molecule is COc1ccc(OC)c(CN(C(=O)CCSc2ccccc2)C2CC2)c1. The summed E-state index contributed by atoms with van der Waals surface area (Å²) in [7, 11) is 3.31. The van der Waals surface area contributed by atoms with Crippen molar-refractivity contribution in [2.75, 3.05) is 20.0 Å². The van der Waals surface area contributed by atoms with Crippen LogP contribution in [0.3, 0.4) is 0 Å². The largest absolute Gasteiger partial charge is 0.497 e. The summed E-state index contributed by atoms with van der Waals surface area (Å²) < 4.78 is 10.8. The van der Waals surface area contributed by atoms with Gasteiger partial charge >= 0.3 is 0 Å². The molecule has 4 nitrogen and oxygen atoms in total. The average molecular weight is 372 g/mol. The molecule has 1 fully saturated rings. The van der Waals surface area contributed by atoms with Gasteiger partial charge < -0.3 is 14.4 Å². The highest BCUT2D eigenvalue weighted by atomic mass is 32.2. The molecule has 1 aliphatic rings. The minimum absolute atomic E-state index is 0.209. The Morgan fingerprint density at radius 1 is 1.12 bits per heavy atom. The Labute approximate surface area is 159 Å². The van der Waals surface area contributed by atoms with Crippen molar-refractivity contribution in [2.45, 2.75) is 36.7 Å². The molecule has 1 aliphatic carbocycles. The number of carbonyl (C=O) groups excluding carboxylic acids is 1. The molecule has 0 aliphatic heterocycles. The molecule has 0 radical (unpaired) electrons. The van der Waals surface area contributed by atoms with Crippen molar-refractivity contribution in [1.29, 1.82) is 0 Å². The lowest BCUT2D eigenvalue weighted by molar-refractivity contribution is -0.131. The summed E-state index contributed by atoms with van der Waals surface area (Å²) >= 11 is 1.73. The molecule has 138 valence electrons. The minimum Gasteiger partial charge on any atom is -0.497 e. The van der Waals surface area contributed by atoms with Gasteiger partial charge in [-0.3, -0.25) is 4.79 Å². The lowest BCUT2D eigenvalue weighted by atomic mass is 10.1. The number of ether oxygens (including phenoxy) is 2. The Kier molecular flexibility index (Phi) is 6.45. The maximum atomic E-state index is 12.8. The molecule has 2 aromatic carbocycles. The predicted octanol–water partition coefficient (Wildman–Crippen LogP) is 4.38. The summed E-state index contributed by atoms with van der Waals surface area (Å²) in [5.74, 6) is 2.58. The Morgan fingerprint density at radius 2 is 1.88 bits per heavy atom. The van der Waals surface area contributed by atoms with Gasteiger partial charge in [0.05, 0.1) is 14.2 Å². The van der Waals surface area contributed by atoms with E-state index >= 15 is 0 Å². The van der Waals surface area contributed by atoms with E-state index in [2.05, 4.69) is 12.1 Å².